The number of ether oxygens (including phenoxy) is 1. The number of nitrogen functional groups attached to an aromatic ring is 1. The number of hydrogen-bond acceptors (Lipinski definition) is 3. The molecule has 4 nitrogen and oxygen atoms in total. The summed E-state index contributed by atoms with van der Waals surface area (Å²) in [6.45, 7) is 12.8. The smallest absolute Gasteiger partial charge is 0.201 e. The minimum absolute atomic E-state index is 0.108. The number of nitrogens with zero attached hydrogens (tertiary/aromatic N) is 2. The largest absolute Gasteiger partial charge is 0.489 e. The first-order valence-corrected chi connectivity index (χ1v) is 7.15. The van der Waals surface area contributed by atoms with Crippen LogP contribution in [-0.4, -0.2) is 15.7 Å². The molecule has 1 atom stereocenters. The predicted molar refractivity (Wildman–Crippen MR) is 84.1 cm³/mol. The van der Waals surface area contributed by atoms with Crippen molar-refractivity contribution < 1.29 is 4.74 Å². The van der Waals surface area contributed by atoms with Crippen LogP contribution >= 0.6 is 0 Å². The van der Waals surface area contributed by atoms with E-state index in [0.717, 1.165) is 16.8 Å². The predicted octanol–water partition coefficient (Wildman–Crippen LogP) is 4.01. The third-order valence-electron chi connectivity index (χ3n) is 3.71. The molecule has 1 aromatic carbocycles. The second kappa shape index (κ2) is 5.00. The van der Waals surface area contributed by atoms with E-state index in [1.165, 1.54) is 0 Å². The standard InChI is InChI=1S/C16H25N3O/c1-10(2)20-13-9-7-8-12-14(13)18-15(17)19(12)11(3)16(4,5)6/h7-11H,1-6H3,(H2,17,18). The summed E-state index contributed by atoms with van der Waals surface area (Å²) in [7, 11) is 0. The van der Waals surface area contributed by atoms with Crippen molar-refractivity contribution in [1.82, 2.24) is 9.55 Å². The molecule has 0 amide bonds. The number of nitrogens with two attached hydrogens (primary N) is 1. The molecular formula is C16H25N3O. The maximum atomic E-state index is 6.15. The topological polar surface area (TPSA) is 53.1 Å². The van der Waals surface area contributed by atoms with Crippen molar-refractivity contribution in [3.8, 4) is 5.75 Å². The number of fused-ring (bicyclic) bond motifs is 1. The quantitative estimate of drug-likeness (QED) is 0.920. The van der Waals surface area contributed by atoms with E-state index in [1.807, 2.05) is 32.0 Å². The summed E-state index contributed by atoms with van der Waals surface area (Å²) in [5.41, 5.74) is 8.13. The Morgan fingerprint density at radius 3 is 2.40 bits per heavy atom. The van der Waals surface area contributed by atoms with Gasteiger partial charge in [-0.1, -0.05) is 26.8 Å². The van der Waals surface area contributed by atoms with E-state index in [1.54, 1.807) is 0 Å². The number of anilines is 1. The van der Waals surface area contributed by atoms with Crippen LogP contribution in [0, 0.1) is 5.41 Å². The Balaban J connectivity index is 2.61. The van der Waals surface area contributed by atoms with Crippen molar-refractivity contribution in [3.05, 3.63) is 18.2 Å². The lowest BCUT2D eigenvalue weighted by Gasteiger charge is -2.29. The van der Waals surface area contributed by atoms with Crippen molar-refractivity contribution >= 4 is 17.0 Å². The molecule has 20 heavy (non-hydrogen) atoms. The van der Waals surface area contributed by atoms with Crippen LogP contribution in [0.4, 0.5) is 5.95 Å². The van der Waals surface area contributed by atoms with Crippen molar-refractivity contribution in [2.24, 2.45) is 5.41 Å². The van der Waals surface area contributed by atoms with Gasteiger partial charge >= 0.3 is 0 Å². The van der Waals surface area contributed by atoms with Gasteiger partial charge in [-0.05, 0) is 38.3 Å². The summed E-state index contributed by atoms with van der Waals surface area (Å²) >= 11 is 0. The first kappa shape index (κ1) is 14.7. The molecule has 4 heteroatoms. The number of aromatic nitrogens is 2. The summed E-state index contributed by atoms with van der Waals surface area (Å²) < 4.78 is 7.93. The highest BCUT2D eigenvalue weighted by atomic mass is 16.5. The van der Waals surface area contributed by atoms with E-state index in [-0.39, 0.29) is 17.6 Å². The molecule has 0 saturated carbocycles. The van der Waals surface area contributed by atoms with E-state index in [4.69, 9.17) is 10.5 Å². The van der Waals surface area contributed by atoms with Gasteiger partial charge in [0.15, 0.2) is 0 Å². The van der Waals surface area contributed by atoms with Gasteiger partial charge in [-0.3, -0.25) is 0 Å². The van der Waals surface area contributed by atoms with E-state index < -0.39 is 0 Å². The lowest BCUT2D eigenvalue weighted by Crippen LogP contribution is -2.22. The Bertz CT molecular complexity index is 608. The fourth-order valence-corrected chi connectivity index (χ4v) is 2.25. The van der Waals surface area contributed by atoms with Crippen molar-refractivity contribution in [1.29, 1.82) is 0 Å². The average molecular weight is 275 g/mol. The maximum Gasteiger partial charge on any atom is 0.201 e. The molecule has 0 aliphatic rings. The molecular weight excluding hydrogens is 250 g/mol. The fraction of sp³-hybridized carbons (Fsp3) is 0.562. The second-order valence-corrected chi connectivity index (χ2v) is 6.67. The van der Waals surface area contributed by atoms with Crippen LogP contribution in [0.15, 0.2) is 18.2 Å². The summed E-state index contributed by atoms with van der Waals surface area (Å²) in [4.78, 5) is 4.52. The summed E-state index contributed by atoms with van der Waals surface area (Å²) in [6, 6.07) is 6.24. The van der Waals surface area contributed by atoms with Gasteiger partial charge in [0, 0.05) is 6.04 Å². The zero-order valence-corrected chi connectivity index (χ0v) is 13.3. The van der Waals surface area contributed by atoms with Gasteiger partial charge in [-0.15, -0.1) is 0 Å². The van der Waals surface area contributed by atoms with Gasteiger partial charge in [0.1, 0.15) is 11.3 Å². The minimum Gasteiger partial charge on any atom is -0.489 e. The number of rotatable bonds is 3. The normalized spacial score (nSPS) is 13.9. The van der Waals surface area contributed by atoms with Crippen LogP contribution in [0.3, 0.4) is 0 Å². The second-order valence-electron chi connectivity index (χ2n) is 6.67. The van der Waals surface area contributed by atoms with E-state index in [2.05, 4.69) is 37.2 Å². The molecule has 0 fully saturated rings. The van der Waals surface area contributed by atoms with Crippen molar-refractivity contribution in [2.75, 3.05) is 5.73 Å². The molecule has 0 aliphatic heterocycles. The van der Waals surface area contributed by atoms with Crippen LogP contribution in [0.5, 0.6) is 5.75 Å². The molecule has 2 aromatic rings. The fourth-order valence-electron chi connectivity index (χ4n) is 2.25. The average Bonchev–Trinajstić information content (AvgIpc) is 2.63. The summed E-state index contributed by atoms with van der Waals surface area (Å²) in [5.74, 6) is 1.34. The molecule has 1 unspecified atom stereocenters. The molecule has 110 valence electrons. The highest BCUT2D eigenvalue weighted by Gasteiger charge is 2.26. The van der Waals surface area contributed by atoms with Crippen LogP contribution < -0.4 is 10.5 Å². The Morgan fingerprint density at radius 1 is 1.20 bits per heavy atom. The first-order chi connectivity index (χ1) is 9.21. The van der Waals surface area contributed by atoms with Crippen molar-refractivity contribution in [2.45, 2.75) is 53.7 Å². The third-order valence-corrected chi connectivity index (χ3v) is 3.71. The van der Waals surface area contributed by atoms with Crippen LogP contribution in [0.2, 0.25) is 0 Å². The van der Waals surface area contributed by atoms with Gasteiger partial charge in [-0.25, -0.2) is 4.98 Å². The number of para-hydroxylation sites is 1. The number of imidazole rings is 1. The van der Waals surface area contributed by atoms with E-state index in [0.29, 0.717) is 5.95 Å². The number of benzene rings is 1. The number of hydrogen-bond donors (Lipinski definition) is 1. The SMILES string of the molecule is CC(C)Oc1cccc2c1nc(N)n2C(C)C(C)(C)C. The van der Waals surface area contributed by atoms with Gasteiger partial charge in [-0.2, -0.15) is 0 Å². The molecule has 2 N–H and O–H groups in total. The minimum atomic E-state index is 0.108. The van der Waals surface area contributed by atoms with Gasteiger partial charge < -0.3 is 15.0 Å². The van der Waals surface area contributed by atoms with Crippen molar-refractivity contribution in [3.63, 3.8) is 0 Å². The highest BCUT2D eigenvalue weighted by molar-refractivity contribution is 5.84. The third kappa shape index (κ3) is 2.60. The monoisotopic (exact) mass is 275 g/mol. The molecule has 1 aromatic heterocycles. The Labute approximate surface area is 120 Å². The van der Waals surface area contributed by atoms with Gasteiger partial charge in [0.05, 0.1) is 11.6 Å². The van der Waals surface area contributed by atoms with Crippen LogP contribution in [-0.2, 0) is 0 Å². The summed E-state index contributed by atoms with van der Waals surface area (Å²) in [5, 5.41) is 0. The molecule has 1 heterocycles. The zero-order chi connectivity index (χ0) is 15.1. The highest BCUT2D eigenvalue weighted by Crippen LogP contribution is 2.36. The molecule has 2 rings (SSSR count). The summed E-state index contributed by atoms with van der Waals surface area (Å²) in [6.07, 6.45) is 0.118. The molecule has 0 spiro atoms. The maximum absolute atomic E-state index is 6.15. The van der Waals surface area contributed by atoms with Gasteiger partial charge in [0.25, 0.3) is 0 Å². The molecule has 0 saturated heterocycles. The van der Waals surface area contributed by atoms with E-state index >= 15 is 0 Å². The lowest BCUT2D eigenvalue weighted by molar-refractivity contribution is 0.245. The molecule has 0 bridgehead atoms. The lowest BCUT2D eigenvalue weighted by atomic mass is 9.88. The molecule has 0 radical (unpaired) electrons. The van der Waals surface area contributed by atoms with Crippen LogP contribution in [0.1, 0.15) is 47.6 Å². The molecule has 0 aliphatic carbocycles. The van der Waals surface area contributed by atoms with Crippen LogP contribution in [0.25, 0.3) is 11.0 Å². The first-order valence-electron chi connectivity index (χ1n) is 7.15. The Kier molecular flexibility index (Phi) is 3.67. The zero-order valence-electron chi connectivity index (χ0n) is 13.3. The van der Waals surface area contributed by atoms with Gasteiger partial charge in [0.2, 0.25) is 5.95 Å². The van der Waals surface area contributed by atoms with E-state index in [9.17, 15) is 0 Å². The Morgan fingerprint density at radius 2 is 1.85 bits per heavy atom. The Hall–Kier alpha value is -1.71.